The lowest BCUT2D eigenvalue weighted by Crippen LogP contribution is -2.64. The maximum absolute atomic E-state index is 14.5. The highest BCUT2D eigenvalue weighted by molar-refractivity contribution is 6.39. The number of rotatable bonds is 8. The van der Waals surface area contributed by atoms with Crippen LogP contribution in [0.2, 0.25) is 0 Å². The summed E-state index contributed by atoms with van der Waals surface area (Å²) in [5, 5.41) is 23.9. The van der Waals surface area contributed by atoms with Crippen LogP contribution in [0.5, 0.6) is 5.75 Å². The molecule has 1 aliphatic carbocycles. The fourth-order valence-corrected chi connectivity index (χ4v) is 10.2. The minimum absolute atomic E-state index is 0.0350. The van der Waals surface area contributed by atoms with E-state index >= 15 is 0 Å². The summed E-state index contributed by atoms with van der Waals surface area (Å²) in [7, 11) is 4.75. The second-order valence-electron chi connectivity index (χ2n) is 18.6. The maximum Gasteiger partial charge on any atom is 0.329 e. The van der Waals surface area contributed by atoms with E-state index in [2.05, 4.69) is 13.0 Å². The molecule has 3 fully saturated rings. The molecule has 1 aromatic carbocycles. The minimum Gasteiger partial charge on any atom is -0.488 e. The van der Waals surface area contributed by atoms with E-state index in [0.717, 1.165) is 24.2 Å². The number of benzene rings is 1. The average molecular weight is 868 g/mol. The predicted octanol–water partition coefficient (Wildman–Crippen LogP) is 6.56. The van der Waals surface area contributed by atoms with Gasteiger partial charge in [0.05, 0.1) is 24.4 Å². The van der Waals surface area contributed by atoms with Gasteiger partial charge in [-0.3, -0.25) is 14.4 Å². The van der Waals surface area contributed by atoms with Crippen LogP contribution >= 0.6 is 0 Å². The molecule has 0 radical (unpaired) electrons. The molecule has 1 saturated carbocycles. The number of methoxy groups -OCH3 is 3. The summed E-state index contributed by atoms with van der Waals surface area (Å²) in [4.78, 5) is 58.2. The van der Waals surface area contributed by atoms with E-state index in [-0.39, 0.29) is 55.6 Å². The molecule has 13 heteroatoms. The summed E-state index contributed by atoms with van der Waals surface area (Å²) in [6.07, 6.45) is 4.80. The lowest BCUT2D eigenvalue weighted by Gasteiger charge is -2.47. The highest BCUT2D eigenvalue weighted by Crippen LogP contribution is 2.39. The Morgan fingerprint density at radius 1 is 0.887 bits per heavy atom. The van der Waals surface area contributed by atoms with Crippen LogP contribution in [0.3, 0.4) is 0 Å². The summed E-state index contributed by atoms with van der Waals surface area (Å²) < 4.78 is 36.6. The number of hydrogen-bond donors (Lipinski definition) is 2. The number of para-hydroxylation sites is 1. The smallest absolute Gasteiger partial charge is 0.329 e. The molecule has 2 N–H and O–H groups in total. The largest absolute Gasteiger partial charge is 0.488 e. The number of carbonyl (C=O) groups excluding carboxylic acids is 4. The quantitative estimate of drug-likeness (QED) is 0.164. The van der Waals surface area contributed by atoms with E-state index in [1.165, 1.54) is 19.1 Å². The van der Waals surface area contributed by atoms with Crippen LogP contribution in [0.4, 0.5) is 0 Å². The zero-order valence-electron chi connectivity index (χ0n) is 38.5. The van der Waals surface area contributed by atoms with Crippen LogP contribution in [0, 0.1) is 29.6 Å². The van der Waals surface area contributed by atoms with Gasteiger partial charge in [-0.2, -0.15) is 0 Å². The summed E-state index contributed by atoms with van der Waals surface area (Å²) in [6.45, 7) is 11.4. The number of piperidine rings is 1. The Labute approximate surface area is 368 Å². The van der Waals surface area contributed by atoms with Crippen LogP contribution in [0.15, 0.2) is 53.6 Å². The van der Waals surface area contributed by atoms with Crippen molar-refractivity contribution in [1.82, 2.24) is 4.90 Å². The van der Waals surface area contributed by atoms with Crippen molar-refractivity contribution in [3.63, 3.8) is 0 Å². The molecule has 62 heavy (non-hydrogen) atoms. The average Bonchev–Trinajstić information content (AvgIpc) is 3.26. The number of carbonyl (C=O) groups is 4. The first kappa shape index (κ1) is 49.6. The molecule has 0 spiro atoms. The van der Waals surface area contributed by atoms with Crippen molar-refractivity contribution in [3.05, 3.63) is 53.6 Å². The van der Waals surface area contributed by atoms with Gasteiger partial charge in [0.25, 0.3) is 11.7 Å². The number of aliphatic hydroxyl groups excluding tert-OH is 1. The molecule has 5 rings (SSSR count). The lowest BCUT2D eigenvalue weighted by atomic mass is 9.81. The van der Waals surface area contributed by atoms with E-state index in [4.69, 9.17) is 28.4 Å². The van der Waals surface area contributed by atoms with E-state index < -0.39 is 77.8 Å². The number of fused-ring (bicyclic) bond motifs is 3. The highest BCUT2D eigenvalue weighted by atomic mass is 16.7. The molecule has 3 aliphatic heterocycles. The first-order valence-corrected chi connectivity index (χ1v) is 22.9. The molecule has 13 nitrogen and oxygen atoms in total. The first-order valence-electron chi connectivity index (χ1n) is 22.9. The Morgan fingerprint density at radius 3 is 2.23 bits per heavy atom. The predicted molar refractivity (Wildman–Crippen MR) is 233 cm³/mol. The number of ketones is 2. The van der Waals surface area contributed by atoms with E-state index in [0.29, 0.717) is 44.1 Å². The van der Waals surface area contributed by atoms with Crippen LogP contribution in [0.25, 0.3) is 0 Å². The van der Waals surface area contributed by atoms with Crippen molar-refractivity contribution < 1.29 is 57.8 Å². The van der Waals surface area contributed by atoms with Crippen molar-refractivity contribution in [1.29, 1.82) is 0 Å². The van der Waals surface area contributed by atoms with Gasteiger partial charge in [-0.05, 0) is 108 Å². The van der Waals surface area contributed by atoms with Crippen molar-refractivity contribution in [2.24, 2.45) is 29.6 Å². The Kier molecular flexibility index (Phi) is 17.9. The number of hydrogen-bond acceptors (Lipinski definition) is 12. The van der Waals surface area contributed by atoms with Crippen LogP contribution < -0.4 is 4.74 Å². The number of allylic oxidation sites excluding steroid dienone is 3. The van der Waals surface area contributed by atoms with Gasteiger partial charge in [0.2, 0.25) is 5.79 Å². The van der Waals surface area contributed by atoms with Gasteiger partial charge in [-0.25, -0.2) is 4.79 Å². The second kappa shape index (κ2) is 22.4. The standard InChI is InChI=1S/C49H73NO12/c1-10-35-23-29(2)22-30(3)24-42(58-8)45-43(59-9)26-32(5)49(56,62-45)46(53)47(54)50-21-15-14-18-37(50)48(55)61-44(33(6)38(51)28-39(35)52)31(4)25-34-19-20-40(41(27-34)57-7)60-36-16-12-11-13-17-36/h11-13,16-17,23,25,30,32-35,37-38,40-45,51,56H,10,14-15,18-22,24,26-28H2,1-9H3/b29-23+,31-25?. The van der Waals surface area contributed by atoms with Crippen LogP contribution in [0.1, 0.15) is 112 Å². The number of ether oxygens (including phenoxy) is 6. The number of esters is 1. The third-order valence-corrected chi connectivity index (χ3v) is 13.9. The summed E-state index contributed by atoms with van der Waals surface area (Å²) in [5.41, 5.74) is 1.70. The molecule has 14 atom stereocenters. The molecule has 1 amide bonds. The molecule has 2 bridgehead atoms. The molecule has 3 heterocycles. The van der Waals surface area contributed by atoms with E-state index in [1.54, 1.807) is 21.0 Å². The Hall–Kier alpha value is -3.46. The van der Waals surface area contributed by atoms with Crippen LogP contribution in [-0.4, -0.2) is 121 Å². The van der Waals surface area contributed by atoms with Gasteiger partial charge < -0.3 is 43.5 Å². The Bertz CT molecular complexity index is 1730. The van der Waals surface area contributed by atoms with E-state index in [1.807, 2.05) is 57.2 Å². The monoisotopic (exact) mass is 868 g/mol. The maximum atomic E-state index is 14.5. The lowest BCUT2D eigenvalue weighted by molar-refractivity contribution is -0.302. The van der Waals surface area contributed by atoms with Crippen LogP contribution in [-0.2, 0) is 42.9 Å². The number of nitrogens with zero attached hydrogens (tertiary/aromatic N) is 1. The van der Waals surface area contributed by atoms with Crippen molar-refractivity contribution in [3.8, 4) is 5.75 Å². The SMILES string of the molecule is CCC1/C=C(\C)CC(C)CC(OC)C2OC(O)(C(=O)C(=O)N3CCCCC3C(=O)OC(C(C)=CC3CCC(Oc4ccccc4)C(OC)C3)C(C)C(O)CC1=O)C(C)CC2OC. The minimum atomic E-state index is -2.50. The van der Waals surface area contributed by atoms with E-state index in [9.17, 15) is 29.4 Å². The number of aliphatic hydroxyl groups is 2. The molecule has 0 aromatic heterocycles. The van der Waals surface area contributed by atoms with Crippen molar-refractivity contribution in [2.75, 3.05) is 27.9 Å². The number of Topliss-reactive ketones (excluding diaryl/α,β-unsaturated/α-hetero) is 2. The molecular formula is C49H73NO12. The molecule has 4 aliphatic rings. The fraction of sp³-hybridized carbons (Fsp3) is 0.714. The third kappa shape index (κ3) is 11.8. The topological polar surface area (TPSA) is 167 Å². The highest BCUT2D eigenvalue weighted by Gasteiger charge is 2.56. The third-order valence-electron chi connectivity index (χ3n) is 13.9. The number of cyclic esters (lactones) is 1. The molecular weight excluding hydrogens is 795 g/mol. The summed E-state index contributed by atoms with van der Waals surface area (Å²) >= 11 is 0. The Morgan fingerprint density at radius 2 is 1.56 bits per heavy atom. The fourth-order valence-electron chi connectivity index (χ4n) is 10.2. The summed E-state index contributed by atoms with van der Waals surface area (Å²) in [6, 6.07) is 8.51. The first-order chi connectivity index (χ1) is 29.5. The summed E-state index contributed by atoms with van der Waals surface area (Å²) in [5.74, 6) is -6.65. The molecule has 1 aromatic rings. The van der Waals surface area contributed by atoms with Crippen molar-refractivity contribution >= 4 is 23.4 Å². The zero-order chi connectivity index (χ0) is 45.3. The van der Waals surface area contributed by atoms with Gasteiger partial charge in [0, 0.05) is 52.0 Å². The normalized spacial score (nSPS) is 38.6. The van der Waals surface area contributed by atoms with Gasteiger partial charge in [-0.1, -0.05) is 63.6 Å². The van der Waals surface area contributed by atoms with Gasteiger partial charge in [0.15, 0.2) is 0 Å². The zero-order valence-corrected chi connectivity index (χ0v) is 38.5. The molecule has 346 valence electrons. The van der Waals surface area contributed by atoms with Gasteiger partial charge >= 0.3 is 5.97 Å². The molecule has 14 unspecified atom stereocenters. The Balaban J connectivity index is 1.49. The van der Waals surface area contributed by atoms with Gasteiger partial charge in [0.1, 0.15) is 35.9 Å². The van der Waals surface area contributed by atoms with Gasteiger partial charge in [-0.15, -0.1) is 0 Å². The van der Waals surface area contributed by atoms with Crippen molar-refractivity contribution in [2.45, 2.75) is 167 Å². The molecule has 2 saturated heterocycles. The second-order valence-corrected chi connectivity index (χ2v) is 18.6. The number of amides is 1.